The second-order valence-corrected chi connectivity index (χ2v) is 8.33. The van der Waals surface area contributed by atoms with Crippen molar-refractivity contribution in [2.45, 2.75) is 56.3 Å². The Kier molecular flexibility index (Phi) is 15.5. The first-order chi connectivity index (χ1) is 15.1. The van der Waals surface area contributed by atoms with Crippen molar-refractivity contribution in [3.05, 3.63) is 0 Å². The van der Waals surface area contributed by atoms with E-state index in [4.69, 9.17) is 16.6 Å². The van der Waals surface area contributed by atoms with E-state index in [2.05, 4.69) is 28.6 Å². The summed E-state index contributed by atoms with van der Waals surface area (Å²) in [6.07, 6.45) is 2.73. The fourth-order valence-corrected chi connectivity index (χ4v) is 3.28. The molecule has 0 aliphatic heterocycles. The minimum atomic E-state index is -1.36. The van der Waals surface area contributed by atoms with E-state index >= 15 is 0 Å². The standard InChI is InChI=1S/C18H33N5O7S2/c1-32-7-5-11(16(27)22-12(18(29)30)4-2-3-6-19)21-17(28)13(9-31)23-15(26)10(20)8-14(24)25/h10-13,31H,2-9,19-20H2,1H3,(H,21,28)(H,22,27)(H,23,26)(H,24,25)(H,29,30). The molecule has 12 nitrogen and oxygen atoms in total. The number of thioether (sulfide) groups is 1. The van der Waals surface area contributed by atoms with Gasteiger partial charge in [-0.15, -0.1) is 0 Å². The molecule has 3 amide bonds. The van der Waals surface area contributed by atoms with E-state index in [9.17, 15) is 29.1 Å². The normalized spacial score (nSPS) is 14.5. The molecule has 0 radical (unpaired) electrons. The van der Waals surface area contributed by atoms with Gasteiger partial charge in [-0.2, -0.15) is 24.4 Å². The Balaban J connectivity index is 5.18. The molecule has 9 N–H and O–H groups in total. The van der Waals surface area contributed by atoms with Gasteiger partial charge in [0.05, 0.1) is 12.5 Å². The van der Waals surface area contributed by atoms with Crippen LogP contribution in [-0.2, 0) is 24.0 Å². The number of carbonyl (C=O) groups excluding carboxylic acids is 3. The van der Waals surface area contributed by atoms with Crippen molar-refractivity contribution >= 4 is 54.1 Å². The second-order valence-electron chi connectivity index (χ2n) is 6.97. The molecule has 0 aromatic rings. The summed E-state index contributed by atoms with van der Waals surface area (Å²) in [5.41, 5.74) is 10.9. The summed E-state index contributed by atoms with van der Waals surface area (Å²) in [4.78, 5) is 59.5. The predicted octanol–water partition coefficient (Wildman–Crippen LogP) is -1.86. The highest BCUT2D eigenvalue weighted by Gasteiger charge is 2.29. The quantitative estimate of drug-likeness (QED) is 0.0831. The highest BCUT2D eigenvalue weighted by Crippen LogP contribution is 2.06. The number of carboxylic acid groups (broad SMARTS) is 2. The summed E-state index contributed by atoms with van der Waals surface area (Å²) in [7, 11) is 0. The average Bonchev–Trinajstić information content (AvgIpc) is 2.72. The SMILES string of the molecule is CSCCC(NC(=O)C(CS)NC(=O)C(N)CC(=O)O)C(=O)NC(CCCCN)C(=O)O. The Morgan fingerprint density at radius 1 is 0.906 bits per heavy atom. The van der Waals surface area contributed by atoms with Crippen molar-refractivity contribution in [2.24, 2.45) is 11.5 Å². The van der Waals surface area contributed by atoms with Crippen molar-refractivity contribution in [2.75, 3.05) is 24.3 Å². The average molecular weight is 496 g/mol. The van der Waals surface area contributed by atoms with Gasteiger partial charge in [-0.05, 0) is 44.2 Å². The minimum Gasteiger partial charge on any atom is -0.481 e. The van der Waals surface area contributed by atoms with Gasteiger partial charge < -0.3 is 37.6 Å². The molecule has 32 heavy (non-hydrogen) atoms. The molecule has 4 atom stereocenters. The summed E-state index contributed by atoms with van der Waals surface area (Å²) in [5, 5.41) is 25.3. The number of nitrogens with one attached hydrogen (secondary N) is 3. The van der Waals surface area contributed by atoms with Gasteiger partial charge in [-0.1, -0.05) is 0 Å². The van der Waals surface area contributed by atoms with Crippen LogP contribution in [0.2, 0.25) is 0 Å². The summed E-state index contributed by atoms with van der Waals surface area (Å²) in [6.45, 7) is 0.402. The van der Waals surface area contributed by atoms with Crippen molar-refractivity contribution in [3.8, 4) is 0 Å². The van der Waals surface area contributed by atoms with Gasteiger partial charge in [0, 0.05) is 5.75 Å². The summed E-state index contributed by atoms with van der Waals surface area (Å²) in [5.74, 6) is -4.34. The van der Waals surface area contributed by atoms with E-state index in [1.807, 2.05) is 6.26 Å². The van der Waals surface area contributed by atoms with E-state index in [0.29, 0.717) is 25.1 Å². The fourth-order valence-electron chi connectivity index (χ4n) is 2.55. The third-order valence-electron chi connectivity index (χ3n) is 4.35. The first-order valence-electron chi connectivity index (χ1n) is 9.98. The Labute approximate surface area is 196 Å². The largest absolute Gasteiger partial charge is 0.481 e. The van der Waals surface area contributed by atoms with Crippen LogP contribution in [0.4, 0.5) is 0 Å². The molecular formula is C18H33N5O7S2. The third kappa shape index (κ3) is 12.1. The van der Waals surface area contributed by atoms with Gasteiger partial charge in [-0.3, -0.25) is 19.2 Å². The second kappa shape index (κ2) is 16.6. The molecule has 0 heterocycles. The van der Waals surface area contributed by atoms with Crippen LogP contribution in [0.1, 0.15) is 32.1 Å². The maximum atomic E-state index is 12.7. The molecular weight excluding hydrogens is 462 g/mol. The first-order valence-corrected chi connectivity index (χ1v) is 12.0. The Morgan fingerprint density at radius 3 is 1.97 bits per heavy atom. The first kappa shape index (κ1) is 30.0. The highest BCUT2D eigenvalue weighted by atomic mass is 32.2. The summed E-state index contributed by atoms with van der Waals surface area (Å²) >= 11 is 5.45. The fraction of sp³-hybridized carbons (Fsp3) is 0.722. The van der Waals surface area contributed by atoms with Crippen LogP contribution in [0.25, 0.3) is 0 Å². The molecule has 4 unspecified atom stereocenters. The van der Waals surface area contributed by atoms with Crippen molar-refractivity contribution < 1.29 is 34.2 Å². The van der Waals surface area contributed by atoms with E-state index in [0.717, 1.165) is 0 Å². The molecule has 14 heteroatoms. The number of unbranched alkanes of at least 4 members (excludes halogenated alkanes) is 1. The van der Waals surface area contributed by atoms with Crippen LogP contribution in [0.15, 0.2) is 0 Å². The molecule has 0 aliphatic carbocycles. The van der Waals surface area contributed by atoms with Crippen LogP contribution >= 0.6 is 24.4 Å². The molecule has 0 spiro atoms. The zero-order chi connectivity index (χ0) is 24.7. The summed E-state index contributed by atoms with van der Waals surface area (Å²) < 4.78 is 0. The summed E-state index contributed by atoms with van der Waals surface area (Å²) in [6, 6.07) is -4.70. The van der Waals surface area contributed by atoms with E-state index in [-0.39, 0.29) is 18.6 Å². The molecule has 0 aromatic carbocycles. The molecule has 0 aliphatic rings. The lowest BCUT2D eigenvalue weighted by Crippen LogP contribution is -2.57. The number of nitrogens with two attached hydrogens (primary N) is 2. The number of hydrogen-bond acceptors (Lipinski definition) is 9. The van der Waals surface area contributed by atoms with Gasteiger partial charge in [0.1, 0.15) is 18.1 Å². The maximum absolute atomic E-state index is 12.7. The van der Waals surface area contributed by atoms with E-state index in [1.165, 1.54) is 11.8 Å². The van der Waals surface area contributed by atoms with E-state index < -0.39 is 60.2 Å². The lowest BCUT2D eigenvalue weighted by atomic mass is 10.1. The highest BCUT2D eigenvalue weighted by molar-refractivity contribution is 7.98. The third-order valence-corrected chi connectivity index (χ3v) is 5.36. The maximum Gasteiger partial charge on any atom is 0.326 e. The Bertz CT molecular complexity index is 653. The Morgan fingerprint density at radius 2 is 1.47 bits per heavy atom. The van der Waals surface area contributed by atoms with Crippen LogP contribution in [0.5, 0.6) is 0 Å². The van der Waals surface area contributed by atoms with E-state index in [1.54, 1.807) is 0 Å². The lowest BCUT2D eigenvalue weighted by molar-refractivity contribution is -0.142. The minimum absolute atomic E-state index is 0.134. The molecule has 0 bridgehead atoms. The zero-order valence-electron chi connectivity index (χ0n) is 17.9. The van der Waals surface area contributed by atoms with Gasteiger partial charge in [0.15, 0.2) is 0 Å². The molecule has 0 fully saturated rings. The van der Waals surface area contributed by atoms with Crippen molar-refractivity contribution in [1.29, 1.82) is 0 Å². The molecule has 184 valence electrons. The molecule has 0 saturated carbocycles. The number of hydrogen-bond donors (Lipinski definition) is 8. The number of carbonyl (C=O) groups is 5. The van der Waals surface area contributed by atoms with Gasteiger partial charge in [-0.25, -0.2) is 4.79 Å². The Hall–Kier alpha value is -2.03. The predicted molar refractivity (Wildman–Crippen MR) is 123 cm³/mol. The van der Waals surface area contributed by atoms with Gasteiger partial charge >= 0.3 is 11.9 Å². The molecule has 0 rings (SSSR count). The van der Waals surface area contributed by atoms with Crippen molar-refractivity contribution in [1.82, 2.24) is 16.0 Å². The number of thiol groups is 1. The lowest BCUT2D eigenvalue weighted by Gasteiger charge is -2.24. The topological polar surface area (TPSA) is 214 Å². The number of amides is 3. The number of aliphatic carboxylic acids is 2. The van der Waals surface area contributed by atoms with Crippen LogP contribution in [-0.4, -0.2) is 88.3 Å². The van der Waals surface area contributed by atoms with Crippen LogP contribution in [0.3, 0.4) is 0 Å². The molecule has 0 aromatic heterocycles. The van der Waals surface area contributed by atoms with Crippen LogP contribution in [0, 0.1) is 0 Å². The van der Waals surface area contributed by atoms with Crippen LogP contribution < -0.4 is 27.4 Å². The zero-order valence-corrected chi connectivity index (χ0v) is 19.6. The van der Waals surface area contributed by atoms with Gasteiger partial charge in [0.25, 0.3) is 0 Å². The smallest absolute Gasteiger partial charge is 0.326 e. The number of rotatable bonds is 17. The number of carboxylic acids is 2. The molecule has 0 saturated heterocycles. The van der Waals surface area contributed by atoms with Crippen molar-refractivity contribution in [3.63, 3.8) is 0 Å². The monoisotopic (exact) mass is 495 g/mol. The van der Waals surface area contributed by atoms with Gasteiger partial charge in [0.2, 0.25) is 17.7 Å².